The molecular formula is C24H27F2N3O5S. The zero-order valence-corrected chi connectivity index (χ0v) is 20.7. The molecule has 0 atom stereocenters. The lowest BCUT2D eigenvalue weighted by Gasteiger charge is -2.36. The van der Waals surface area contributed by atoms with Crippen LogP contribution in [0.1, 0.15) is 30.7 Å². The summed E-state index contributed by atoms with van der Waals surface area (Å²) in [5.41, 5.74) is 1.93. The number of halogens is 2. The van der Waals surface area contributed by atoms with Crippen molar-refractivity contribution in [2.24, 2.45) is 0 Å². The number of benzene rings is 1. The Balaban J connectivity index is 1.41. The van der Waals surface area contributed by atoms with Crippen molar-refractivity contribution in [2.45, 2.75) is 31.8 Å². The molecule has 1 aromatic heterocycles. The quantitative estimate of drug-likeness (QED) is 0.574. The number of anilines is 1. The fraction of sp³-hybridized carbons (Fsp3) is 0.417. The van der Waals surface area contributed by atoms with E-state index in [9.17, 15) is 22.0 Å². The summed E-state index contributed by atoms with van der Waals surface area (Å²) in [6.07, 6.45) is 0.444. The average Bonchev–Trinajstić information content (AvgIpc) is 3.10. The molecule has 0 radical (unpaired) electrons. The molecule has 0 spiro atoms. The van der Waals surface area contributed by atoms with Crippen molar-refractivity contribution in [3.8, 4) is 11.5 Å². The van der Waals surface area contributed by atoms with Crippen LogP contribution in [0.3, 0.4) is 0 Å². The van der Waals surface area contributed by atoms with Gasteiger partial charge in [0.25, 0.3) is 0 Å². The summed E-state index contributed by atoms with van der Waals surface area (Å²) >= 11 is 0. The van der Waals surface area contributed by atoms with Crippen molar-refractivity contribution in [3.63, 3.8) is 0 Å². The Hall–Kier alpha value is -3.21. The van der Waals surface area contributed by atoms with Crippen molar-refractivity contribution < 1.29 is 31.5 Å². The van der Waals surface area contributed by atoms with E-state index in [4.69, 9.17) is 0 Å². The second kappa shape index (κ2) is 8.78. The van der Waals surface area contributed by atoms with Gasteiger partial charge in [0.05, 0.1) is 5.69 Å². The van der Waals surface area contributed by atoms with E-state index in [1.54, 1.807) is 30.9 Å². The van der Waals surface area contributed by atoms with Crippen LogP contribution in [0.15, 0.2) is 36.4 Å². The van der Waals surface area contributed by atoms with Gasteiger partial charge in [-0.2, -0.15) is 0 Å². The molecule has 2 aliphatic rings. The first-order valence-corrected chi connectivity index (χ1v) is 13.0. The average molecular weight is 508 g/mol. The summed E-state index contributed by atoms with van der Waals surface area (Å²) in [6.45, 7) is 7.18. The molecule has 2 aromatic rings. The minimum Gasteiger partial charge on any atom is -0.395 e. The van der Waals surface area contributed by atoms with Gasteiger partial charge >= 0.3 is 6.29 Å². The van der Waals surface area contributed by atoms with E-state index in [2.05, 4.69) is 14.5 Å². The maximum atomic E-state index is 13.2. The number of hydrogen-bond acceptors (Lipinski definition) is 7. The standard InChI is InChI=1S/C24H27F2N3O5S/c1-16-5-9-20(23(2,3)35(4,31)32)27-22(16)29-13-11-28(12-14-29)21(30)10-7-17-6-8-18-19(15-17)34-24(25,26)33-18/h5-10,15H,11-14H2,1-4H3/b10-7+. The molecule has 35 heavy (non-hydrogen) atoms. The Morgan fingerprint density at radius 3 is 2.40 bits per heavy atom. The maximum Gasteiger partial charge on any atom is 0.586 e. The number of hydrogen-bond donors (Lipinski definition) is 0. The third kappa shape index (κ3) is 5.09. The molecular weight excluding hydrogens is 480 g/mol. The lowest BCUT2D eigenvalue weighted by atomic mass is 10.1. The van der Waals surface area contributed by atoms with Crippen LogP contribution in [0, 0.1) is 6.92 Å². The lowest BCUT2D eigenvalue weighted by Crippen LogP contribution is -2.49. The molecule has 11 heteroatoms. The molecule has 8 nitrogen and oxygen atoms in total. The van der Waals surface area contributed by atoms with E-state index in [1.165, 1.54) is 30.5 Å². The number of piperazine rings is 1. The molecule has 2 aliphatic heterocycles. The van der Waals surface area contributed by atoms with Crippen LogP contribution < -0.4 is 14.4 Å². The minimum atomic E-state index is -3.69. The number of sulfone groups is 1. The molecule has 0 aliphatic carbocycles. The van der Waals surface area contributed by atoms with Gasteiger partial charge in [0.15, 0.2) is 21.3 Å². The third-order valence-corrected chi connectivity index (χ3v) is 8.41. The van der Waals surface area contributed by atoms with E-state index in [1.807, 2.05) is 17.9 Å². The van der Waals surface area contributed by atoms with Crippen LogP contribution >= 0.6 is 0 Å². The lowest BCUT2D eigenvalue weighted by molar-refractivity contribution is -0.286. The van der Waals surface area contributed by atoms with Crippen LogP contribution in [-0.2, 0) is 19.4 Å². The highest BCUT2D eigenvalue weighted by molar-refractivity contribution is 7.91. The van der Waals surface area contributed by atoms with E-state index in [0.29, 0.717) is 43.3 Å². The van der Waals surface area contributed by atoms with Crippen molar-refractivity contribution in [2.75, 3.05) is 37.3 Å². The minimum absolute atomic E-state index is 0.0532. The molecule has 1 fully saturated rings. The number of nitrogens with zero attached hydrogens (tertiary/aromatic N) is 3. The molecule has 3 heterocycles. The summed E-state index contributed by atoms with van der Waals surface area (Å²) in [6, 6.07) is 7.92. The first kappa shape index (κ1) is 24.9. The van der Waals surface area contributed by atoms with Gasteiger partial charge in [-0.25, -0.2) is 13.4 Å². The highest BCUT2D eigenvalue weighted by Gasteiger charge is 2.43. The van der Waals surface area contributed by atoms with Gasteiger partial charge < -0.3 is 19.3 Å². The van der Waals surface area contributed by atoms with Crippen LogP contribution in [0.25, 0.3) is 6.08 Å². The number of carbonyl (C=O) groups is 1. The van der Waals surface area contributed by atoms with Gasteiger partial charge in [-0.15, -0.1) is 8.78 Å². The number of ether oxygens (including phenoxy) is 2. The zero-order chi connectivity index (χ0) is 25.6. The normalized spacial score (nSPS) is 17.8. The van der Waals surface area contributed by atoms with Crippen LogP contribution in [0.5, 0.6) is 11.5 Å². The first-order valence-electron chi connectivity index (χ1n) is 11.1. The van der Waals surface area contributed by atoms with Gasteiger partial charge in [-0.3, -0.25) is 4.79 Å². The molecule has 1 amide bonds. The van der Waals surface area contributed by atoms with Crippen molar-refractivity contribution in [1.29, 1.82) is 0 Å². The maximum absolute atomic E-state index is 13.2. The van der Waals surface area contributed by atoms with E-state index in [0.717, 1.165) is 5.56 Å². The highest BCUT2D eigenvalue weighted by atomic mass is 32.2. The first-order chi connectivity index (χ1) is 16.3. The largest absolute Gasteiger partial charge is 0.586 e. The number of rotatable bonds is 5. The molecule has 1 aromatic carbocycles. The number of fused-ring (bicyclic) bond motifs is 1. The summed E-state index contributed by atoms with van der Waals surface area (Å²) in [5.74, 6) is 0.369. The van der Waals surface area contributed by atoms with Gasteiger partial charge in [-0.1, -0.05) is 12.1 Å². The van der Waals surface area contributed by atoms with E-state index < -0.39 is 20.9 Å². The molecule has 188 valence electrons. The van der Waals surface area contributed by atoms with Gasteiger partial charge in [-0.05, 0) is 56.2 Å². The Bertz CT molecular complexity index is 1290. The molecule has 0 bridgehead atoms. The number of aryl methyl sites for hydroxylation is 1. The predicted octanol–water partition coefficient (Wildman–Crippen LogP) is 3.35. The SMILES string of the molecule is Cc1ccc(C(C)(C)S(C)(=O)=O)nc1N1CCN(C(=O)/C=C/c2ccc3c(c2)OC(F)(F)O3)CC1. The van der Waals surface area contributed by atoms with Crippen molar-refractivity contribution in [3.05, 3.63) is 53.2 Å². The topological polar surface area (TPSA) is 89.0 Å². The number of amides is 1. The Labute approximate surface area is 203 Å². The smallest absolute Gasteiger partial charge is 0.395 e. The monoisotopic (exact) mass is 507 g/mol. The van der Waals surface area contributed by atoms with Crippen LogP contribution in [0.2, 0.25) is 0 Å². The predicted molar refractivity (Wildman–Crippen MR) is 127 cm³/mol. The fourth-order valence-electron chi connectivity index (χ4n) is 3.84. The molecule has 0 N–H and O–H groups in total. The second-order valence-corrected chi connectivity index (χ2v) is 11.7. The van der Waals surface area contributed by atoms with Crippen LogP contribution in [-0.4, -0.2) is 62.9 Å². The van der Waals surface area contributed by atoms with Crippen molar-refractivity contribution >= 4 is 27.6 Å². The van der Waals surface area contributed by atoms with Gasteiger partial charge in [0.1, 0.15) is 10.6 Å². The summed E-state index contributed by atoms with van der Waals surface area (Å²) in [4.78, 5) is 21.1. The number of pyridine rings is 1. The molecule has 4 rings (SSSR count). The Morgan fingerprint density at radius 2 is 1.74 bits per heavy atom. The number of aromatic nitrogens is 1. The van der Waals surface area contributed by atoms with Gasteiger partial charge in [0, 0.05) is 38.5 Å². The summed E-state index contributed by atoms with van der Waals surface area (Å²) < 4.78 is 58.5. The molecule has 0 unspecified atom stereocenters. The Morgan fingerprint density at radius 1 is 1.09 bits per heavy atom. The Kier molecular flexibility index (Phi) is 6.25. The summed E-state index contributed by atoms with van der Waals surface area (Å²) in [7, 11) is -3.37. The third-order valence-electron chi connectivity index (χ3n) is 6.35. The van der Waals surface area contributed by atoms with Crippen molar-refractivity contribution in [1.82, 2.24) is 9.88 Å². The second-order valence-electron chi connectivity index (χ2n) is 9.14. The van der Waals surface area contributed by atoms with Crippen LogP contribution in [0.4, 0.5) is 14.6 Å². The van der Waals surface area contributed by atoms with E-state index in [-0.39, 0.29) is 17.4 Å². The zero-order valence-electron chi connectivity index (χ0n) is 19.9. The number of alkyl halides is 2. The molecule has 1 saturated heterocycles. The number of carbonyl (C=O) groups excluding carboxylic acids is 1. The van der Waals surface area contributed by atoms with E-state index >= 15 is 0 Å². The fourth-order valence-corrected chi connectivity index (χ4v) is 4.34. The highest BCUT2D eigenvalue weighted by Crippen LogP contribution is 2.41. The summed E-state index contributed by atoms with van der Waals surface area (Å²) in [5, 5.41) is 0. The van der Waals surface area contributed by atoms with Gasteiger partial charge in [0.2, 0.25) is 5.91 Å². The molecule has 0 saturated carbocycles.